The van der Waals surface area contributed by atoms with E-state index in [1.807, 2.05) is 19.1 Å². The summed E-state index contributed by atoms with van der Waals surface area (Å²) in [5.74, 6) is -0.0871. The first-order chi connectivity index (χ1) is 10.7. The van der Waals surface area contributed by atoms with Crippen LogP contribution in [0.3, 0.4) is 0 Å². The molecular formula is C16H25NO4S. The average Bonchev–Trinajstić information content (AvgIpc) is 2.93. The molecule has 1 aliphatic rings. The van der Waals surface area contributed by atoms with Gasteiger partial charge in [-0.3, -0.25) is 4.79 Å². The molecule has 0 saturated carbocycles. The normalized spacial score (nSPS) is 18.4. The SMILES string of the molecule is Cc1ccc(CN(CCO)C(=O)COC[C@H]2CCCCO2)s1. The molecule has 1 N–H and O–H groups in total. The van der Waals surface area contributed by atoms with Crippen LogP contribution in [-0.4, -0.2) is 55.0 Å². The van der Waals surface area contributed by atoms with Crippen molar-refractivity contribution in [2.24, 2.45) is 0 Å². The molecule has 1 aliphatic heterocycles. The summed E-state index contributed by atoms with van der Waals surface area (Å²) in [4.78, 5) is 16.2. The van der Waals surface area contributed by atoms with Crippen molar-refractivity contribution in [2.45, 2.75) is 38.8 Å². The highest BCUT2D eigenvalue weighted by Gasteiger charge is 2.17. The zero-order valence-electron chi connectivity index (χ0n) is 13.1. The van der Waals surface area contributed by atoms with Gasteiger partial charge < -0.3 is 19.5 Å². The third kappa shape index (κ3) is 5.68. The summed E-state index contributed by atoms with van der Waals surface area (Å²) in [6, 6.07) is 4.06. The van der Waals surface area contributed by atoms with Gasteiger partial charge in [0, 0.05) is 22.9 Å². The summed E-state index contributed by atoms with van der Waals surface area (Å²) in [5.41, 5.74) is 0. The van der Waals surface area contributed by atoms with E-state index in [-0.39, 0.29) is 25.2 Å². The van der Waals surface area contributed by atoms with Crippen molar-refractivity contribution in [1.82, 2.24) is 4.90 Å². The van der Waals surface area contributed by atoms with E-state index in [9.17, 15) is 4.79 Å². The Morgan fingerprint density at radius 2 is 2.36 bits per heavy atom. The third-order valence-electron chi connectivity index (χ3n) is 3.67. The molecule has 1 atom stereocenters. The second kappa shape index (κ2) is 9.25. The van der Waals surface area contributed by atoms with Crippen molar-refractivity contribution in [3.63, 3.8) is 0 Å². The number of aryl methyl sites for hydroxylation is 1. The molecule has 1 aromatic heterocycles. The van der Waals surface area contributed by atoms with Crippen LogP contribution in [0.2, 0.25) is 0 Å². The molecule has 0 radical (unpaired) electrons. The van der Waals surface area contributed by atoms with E-state index < -0.39 is 0 Å². The van der Waals surface area contributed by atoms with Crippen molar-refractivity contribution in [1.29, 1.82) is 0 Å². The van der Waals surface area contributed by atoms with Gasteiger partial charge in [-0.1, -0.05) is 0 Å². The van der Waals surface area contributed by atoms with Gasteiger partial charge in [0.25, 0.3) is 0 Å². The summed E-state index contributed by atoms with van der Waals surface area (Å²) < 4.78 is 11.1. The fourth-order valence-electron chi connectivity index (χ4n) is 2.48. The number of nitrogens with zero attached hydrogens (tertiary/aromatic N) is 1. The van der Waals surface area contributed by atoms with E-state index in [1.54, 1.807) is 16.2 Å². The van der Waals surface area contributed by atoms with Gasteiger partial charge in [-0.2, -0.15) is 0 Å². The van der Waals surface area contributed by atoms with Crippen molar-refractivity contribution >= 4 is 17.2 Å². The maximum absolute atomic E-state index is 12.2. The molecule has 2 heterocycles. The first kappa shape index (κ1) is 17.4. The molecule has 0 aliphatic carbocycles. The Morgan fingerprint density at radius 3 is 3.00 bits per heavy atom. The minimum atomic E-state index is -0.0871. The highest BCUT2D eigenvalue weighted by molar-refractivity contribution is 7.11. The number of aliphatic hydroxyl groups excluding tert-OH is 1. The highest BCUT2D eigenvalue weighted by atomic mass is 32.1. The number of rotatable bonds is 8. The number of hydrogen-bond acceptors (Lipinski definition) is 5. The maximum Gasteiger partial charge on any atom is 0.248 e. The molecule has 1 aromatic rings. The van der Waals surface area contributed by atoms with Gasteiger partial charge in [-0.25, -0.2) is 0 Å². The smallest absolute Gasteiger partial charge is 0.248 e. The van der Waals surface area contributed by atoms with Gasteiger partial charge in [-0.15, -0.1) is 11.3 Å². The number of carbonyl (C=O) groups is 1. The lowest BCUT2D eigenvalue weighted by Crippen LogP contribution is -2.36. The lowest BCUT2D eigenvalue weighted by Gasteiger charge is -2.24. The number of ether oxygens (including phenoxy) is 2. The van der Waals surface area contributed by atoms with E-state index in [2.05, 4.69) is 0 Å². The van der Waals surface area contributed by atoms with Gasteiger partial charge in [0.2, 0.25) is 5.91 Å². The predicted octanol–water partition coefficient (Wildman–Crippen LogP) is 1.96. The number of aliphatic hydroxyl groups is 1. The van der Waals surface area contributed by atoms with Gasteiger partial charge in [0.1, 0.15) is 6.61 Å². The van der Waals surface area contributed by atoms with Crippen LogP contribution in [0.1, 0.15) is 29.0 Å². The Bertz CT molecular complexity index is 457. The first-order valence-electron chi connectivity index (χ1n) is 7.82. The molecule has 5 nitrogen and oxygen atoms in total. The third-order valence-corrected chi connectivity index (χ3v) is 4.65. The second-order valence-electron chi connectivity index (χ2n) is 5.55. The van der Waals surface area contributed by atoms with Crippen molar-refractivity contribution < 1.29 is 19.4 Å². The highest BCUT2D eigenvalue weighted by Crippen LogP contribution is 2.17. The largest absolute Gasteiger partial charge is 0.395 e. The molecule has 0 spiro atoms. The molecule has 1 saturated heterocycles. The number of amides is 1. The summed E-state index contributed by atoms with van der Waals surface area (Å²) in [6.07, 6.45) is 3.40. The van der Waals surface area contributed by atoms with E-state index in [4.69, 9.17) is 14.6 Å². The summed E-state index contributed by atoms with van der Waals surface area (Å²) in [7, 11) is 0. The Balaban J connectivity index is 1.75. The van der Waals surface area contributed by atoms with Crippen molar-refractivity contribution in [3.05, 3.63) is 21.9 Å². The fourth-order valence-corrected chi connectivity index (χ4v) is 3.38. The van der Waals surface area contributed by atoms with E-state index in [0.717, 1.165) is 30.7 Å². The Hall–Kier alpha value is -0.950. The molecule has 0 bridgehead atoms. The van der Waals surface area contributed by atoms with Gasteiger partial charge in [0.15, 0.2) is 0 Å². The molecule has 0 aromatic carbocycles. The van der Waals surface area contributed by atoms with Crippen LogP contribution >= 0.6 is 11.3 Å². The Labute approximate surface area is 135 Å². The van der Waals surface area contributed by atoms with Crippen LogP contribution in [-0.2, 0) is 20.8 Å². The Kier molecular flexibility index (Phi) is 7.32. The lowest BCUT2D eigenvalue weighted by molar-refractivity contribution is -0.139. The fraction of sp³-hybridized carbons (Fsp3) is 0.688. The molecule has 124 valence electrons. The predicted molar refractivity (Wildman–Crippen MR) is 86.0 cm³/mol. The second-order valence-corrected chi connectivity index (χ2v) is 6.93. The molecule has 1 fully saturated rings. The number of hydrogen-bond donors (Lipinski definition) is 1. The molecule has 0 unspecified atom stereocenters. The number of thiophene rings is 1. The van der Waals surface area contributed by atoms with E-state index in [1.165, 1.54) is 4.88 Å². The average molecular weight is 327 g/mol. The standard InChI is InChI=1S/C16H25NO4S/c1-13-5-6-15(22-13)10-17(7-8-18)16(19)12-20-11-14-4-2-3-9-21-14/h5-6,14,18H,2-4,7-12H2,1H3/t14-/m1/s1. The van der Waals surface area contributed by atoms with Crippen molar-refractivity contribution in [2.75, 3.05) is 33.0 Å². The maximum atomic E-state index is 12.2. The molecule has 2 rings (SSSR count). The van der Waals surface area contributed by atoms with Gasteiger partial charge >= 0.3 is 0 Å². The summed E-state index contributed by atoms with van der Waals surface area (Å²) >= 11 is 1.67. The van der Waals surface area contributed by atoms with Crippen LogP contribution < -0.4 is 0 Å². The Morgan fingerprint density at radius 1 is 1.50 bits per heavy atom. The molecule has 1 amide bonds. The topological polar surface area (TPSA) is 59.0 Å². The molecule has 22 heavy (non-hydrogen) atoms. The van der Waals surface area contributed by atoms with Gasteiger partial charge in [0.05, 0.1) is 25.9 Å². The quantitative estimate of drug-likeness (QED) is 0.793. The first-order valence-corrected chi connectivity index (χ1v) is 8.64. The van der Waals surface area contributed by atoms with Crippen molar-refractivity contribution in [3.8, 4) is 0 Å². The zero-order chi connectivity index (χ0) is 15.8. The van der Waals surface area contributed by atoms with Crippen LogP contribution in [0.25, 0.3) is 0 Å². The number of carbonyl (C=O) groups excluding carboxylic acids is 1. The van der Waals surface area contributed by atoms with E-state index >= 15 is 0 Å². The minimum Gasteiger partial charge on any atom is -0.395 e. The summed E-state index contributed by atoms with van der Waals surface area (Å²) in [6.45, 7) is 4.17. The van der Waals surface area contributed by atoms with Crippen LogP contribution in [0.4, 0.5) is 0 Å². The van der Waals surface area contributed by atoms with E-state index in [0.29, 0.717) is 19.7 Å². The van der Waals surface area contributed by atoms with Gasteiger partial charge in [-0.05, 0) is 38.3 Å². The monoisotopic (exact) mass is 327 g/mol. The zero-order valence-corrected chi connectivity index (χ0v) is 13.9. The van der Waals surface area contributed by atoms with Crippen LogP contribution in [0, 0.1) is 6.92 Å². The molecular weight excluding hydrogens is 302 g/mol. The van der Waals surface area contributed by atoms with Crippen LogP contribution in [0.15, 0.2) is 12.1 Å². The molecule has 6 heteroatoms. The van der Waals surface area contributed by atoms with Crippen LogP contribution in [0.5, 0.6) is 0 Å². The lowest BCUT2D eigenvalue weighted by atomic mass is 10.1. The summed E-state index contributed by atoms with van der Waals surface area (Å²) in [5, 5.41) is 9.15. The minimum absolute atomic E-state index is 0.0398.